The van der Waals surface area contributed by atoms with E-state index in [2.05, 4.69) is 21.9 Å². The molecular formula is C14H24IN3OS. The quantitative estimate of drug-likeness (QED) is 0.315. The highest BCUT2D eigenvalue weighted by Crippen LogP contribution is 2.16. The Morgan fingerprint density at radius 2 is 2.05 bits per heavy atom. The zero-order valence-corrected chi connectivity index (χ0v) is 15.5. The van der Waals surface area contributed by atoms with Crippen molar-refractivity contribution in [1.29, 1.82) is 0 Å². The molecule has 1 rings (SSSR count). The minimum absolute atomic E-state index is 0. The van der Waals surface area contributed by atoms with Crippen LogP contribution in [0.4, 0.5) is 0 Å². The van der Waals surface area contributed by atoms with Crippen molar-refractivity contribution in [3.63, 3.8) is 0 Å². The number of guanidine groups is 1. The van der Waals surface area contributed by atoms with E-state index < -0.39 is 0 Å². The fraction of sp³-hybridized carbons (Fsp3) is 0.500. The smallest absolute Gasteiger partial charge is 0.191 e. The average Bonchev–Trinajstić information content (AvgIpc) is 2.47. The lowest BCUT2D eigenvalue weighted by molar-refractivity contribution is 0.409. The Kier molecular flexibility index (Phi) is 11.8. The maximum Gasteiger partial charge on any atom is 0.191 e. The lowest BCUT2D eigenvalue weighted by Crippen LogP contribution is -2.37. The molecule has 0 saturated heterocycles. The second-order valence-corrected chi connectivity index (χ2v) is 5.00. The monoisotopic (exact) mass is 409 g/mol. The Morgan fingerprint density at radius 1 is 1.30 bits per heavy atom. The van der Waals surface area contributed by atoms with E-state index in [4.69, 9.17) is 4.74 Å². The molecule has 114 valence electrons. The number of rotatable bonds is 7. The second kappa shape index (κ2) is 12.1. The number of para-hydroxylation sites is 1. The van der Waals surface area contributed by atoms with Crippen LogP contribution in [0.1, 0.15) is 12.0 Å². The topological polar surface area (TPSA) is 45.7 Å². The van der Waals surface area contributed by atoms with Crippen molar-refractivity contribution < 1.29 is 4.74 Å². The van der Waals surface area contributed by atoms with Crippen molar-refractivity contribution in [2.75, 3.05) is 32.7 Å². The fourth-order valence-corrected chi connectivity index (χ4v) is 2.10. The lowest BCUT2D eigenvalue weighted by atomic mass is 10.2. The summed E-state index contributed by atoms with van der Waals surface area (Å²) in [5.41, 5.74) is 1.12. The highest BCUT2D eigenvalue weighted by Gasteiger charge is 2.02. The maximum absolute atomic E-state index is 5.32. The van der Waals surface area contributed by atoms with Gasteiger partial charge in [-0.25, -0.2) is 0 Å². The van der Waals surface area contributed by atoms with Gasteiger partial charge in [-0.15, -0.1) is 24.0 Å². The molecule has 0 aliphatic rings. The van der Waals surface area contributed by atoms with Gasteiger partial charge in [0.2, 0.25) is 0 Å². The number of thioether (sulfide) groups is 1. The van der Waals surface area contributed by atoms with Crippen LogP contribution in [-0.4, -0.2) is 38.7 Å². The van der Waals surface area contributed by atoms with Gasteiger partial charge in [0.05, 0.1) is 7.11 Å². The molecule has 0 amide bonds. The van der Waals surface area contributed by atoms with Gasteiger partial charge < -0.3 is 15.4 Å². The molecule has 2 N–H and O–H groups in total. The molecule has 1 aromatic rings. The summed E-state index contributed by atoms with van der Waals surface area (Å²) in [6.07, 6.45) is 3.26. The molecule has 0 heterocycles. The Labute approximate surface area is 143 Å². The summed E-state index contributed by atoms with van der Waals surface area (Å²) in [5.74, 6) is 2.89. The van der Waals surface area contributed by atoms with Crippen molar-refractivity contribution in [3.05, 3.63) is 29.8 Å². The van der Waals surface area contributed by atoms with Crippen LogP contribution < -0.4 is 15.4 Å². The van der Waals surface area contributed by atoms with Crippen molar-refractivity contribution in [2.45, 2.75) is 13.0 Å². The number of benzene rings is 1. The zero-order chi connectivity index (χ0) is 13.9. The summed E-state index contributed by atoms with van der Waals surface area (Å²) in [6.45, 7) is 1.64. The Morgan fingerprint density at radius 3 is 2.70 bits per heavy atom. The SMILES string of the molecule is CN=C(NCCCSC)NCc1ccccc1OC.I. The van der Waals surface area contributed by atoms with Crippen LogP contribution in [0.3, 0.4) is 0 Å². The van der Waals surface area contributed by atoms with Gasteiger partial charge in [-0.1, -0.05) is 18.2 Å². The molecule has 0 fully saturated rings. The van der Waals surface area contributed by atoms with Crippen LogP contribution in [0.25, 0.3) is 0 Å². The third-order valence-corrected chi connectivity index (χ3v) is 3.38. The molecule has 0 atom stereocenters. The van der Waals surface area contributed by atoms with Crippen molar-refractivity contribution in [2.24, 2.45) is 4.99 Å². The summed E-state index contributed by atoms with van der Waals surface area (Å²) < 4.78 is 5.32. The van der Waals surface area contributed by atoms with Crippen LogP contribution in [0.15, 0.2) is 29.3 Å². The highest BCUT2D eigenvalue weighted by molar-refractivity contribution is 14.0. The van der Waals surface area contributed by atoms with Crippen molar-refractivity contribution in [1.82, 2.24) is 10.6 Å². The Hall–Kier alpha value is -0.630. The van der Waals surface area contributed by atoms with Crippen LogP contribution in [0.2, 0.25) is 0 Å². The van der Waals surface area contributed by atoms with Gasteiger partial charge in [0, 0.05) is 25.7 Å². The summed E-state index contributed by atoms with van der Waals surface area (Å²) in [4.78, 5) is 4.20. The Balaban J connectivity index is 0.00000361. The van der Waals surface area contributed by atoms with Gasteiger partial charge in [-0.05, 0) is 24.5 Å². The standard InChI is InChI=1S/C14H23N3OS.HI/c1-15-14(16-9-6-10-19-3)17-11-12-7-4-5-8-13(12)18-2;/h4-5,7-8H,6,9-11H2,1-3H3,(H2,15,16,17);1H. The highest BCUT2D eigenvalue weighted by atomic mass is 127. The van der Waals surface area contributed by atoms with Gasteiger partial charge in [-0.3, -0.25) is 4.99 Å². The van der Waals surface area contributed by atoms with E-state index in [0.29, 0.717) is 6.54 Å². The Bertz CT molecular complexity index is 402. The molecule has 0 unspecified atom stereocenters. The number of nitrogens with one attached hydrogen (secondary N) is 2. The maximum atomic E-state index is 5.32. The van der Waals surface area contributed by atoms with E-state index >= 15 is 0 Å². The number of hydrogen-bond donors (Lipinski definition) is 2. The van der Waals surface area contributed by atoms with E-state index in [-0.39, 0.29) is 24.0 Å². The van der Waals surface area contributed by atoms with Crippen LogP contribution in [-0.2, 0) is 6.54 Å². The first kappa shape index (κ1) is 19.4. The summed E-state index contributed by atoms with van der Waals surface area (Å²) >= 11 is 1.86. The summed E-state index contributed by atoms with van der Waals surface area (Å²) in [6, 6.07) is 7.99. The normalized spacial score (nSPS) is 10.7. The van der Waals surface area contributed by atoms with Crippen molar-refractivity contribution in [3.8, 4) is 5.75 Å². The van der Waals surface area contributed by atoms with Gasteiger partial charge in [0.15, 0.2) is 5.96 Å². The number of halogens is 1. The number of nitrogens with zero attached hydrogens (tertiary/aromatic N) is 1. The van der Waals surface area contributed by atoms with Gasteiger partial charge in [0.1, 0.15) is 5.75 Å². The third kappa shape index (κ3) is 7.23. The molecule has 1 aromatic carbocycles. The molecule has 0 bridgehead atoms. The predicted molar refractivity (Wildman–Crippen MR) is 99.6 cm³/mol. The molecule has 0 radical (unpaired) electrons. The largest absolute Gasteiger partial charge is 0.496 e. The number of aliphatic imine (C=N–C) groups is 1. The van der Waals surface area contributed by atoms with Crippen LogP contribution in [0.5, 0.6) is 5.75 Å². The molecular weight excluding hydrogens is 385 g/mol. The van der Waals surface area contributed by atoms with E-state index in [9.17, 15) is 0 Å². The lowest BCUT2D eigenvalue weighted by Gasteiger charge is -2.13. The van der Waals surface area contributed by atoms with Crippen molar-refractivity contribution >= 4 is 41.7 Å². The average molecular weight is 409 g/mol. The zero-order valence-electron chi connectivity index (χ0n) is 12.3. The first-order valence-corrected chi connectivity index (χ1v) is 7.76. The van der Waals surface area contributed by atoms with Crippen LogP contribution in [0, 0.1) is 0 Å². The third-order valence-electron chi connectivity index (χ3n) is 2.68. The molecule has 0 aliphatic carbocycles. The molecule has 0 saturated carbocycles. The molecule has 20 heavy (non-hydrogen) atoms. The van der Waals surface area contributed by atoms with Gasteiger partial charge in [-0.2, -0.15) is 11.8 Å². The molecule has 0 aromatic heterocycles. The molecule has 6 heteroatoms. The fourth-order valence-electron chi connectivity index (χ4n) is 1.67. The predicted octanol–water partition coefficient (Wildman–Crippen LogP) is 2.73. The molecule has 0 aliphatic heterocycles. The number of methoxy groups -OCH3 is 1. The minimum Gasteiger partial charge on any atom is -0.496 e. The van der Waals surface area contributed by atoms with E-state index in [0.717, 1.165) is 36.0 Å². The second-order valence-electron chi connectivity index (χ2n) is 4.01. The first-order chi connectivity index (χ1) is 9.31. The molecule has 4 nitrogen and oxygen atoms in total. The minimum atomic E-state index is 0. The van der Waals surface area contributed by atoms with Gasteiger partial charge >= 0.3 is 0 Å². The summed E-state index contributed by atoms with van der Waals surface area (Å²) in [7, 11) is 3.47. The summed E-state index contributed by atoms with van der Waals surface area (Å²) in [5, 5.41) is 6.59. The van der Waals surface area contributed by atoms with E-state index in [1.54, 1.807) is 14.2 Å². The van der Waals surface area contributed by atoms with Crippen LogP contribution >= 0.6 is 35.7 Å². The van der Waals surface area contributed by atoms with E-state index in [1.165, 1.54) is 0 Å². The number of ether oxygens (including phenoxy) is 1. The molecule has 0 spiro atoms. The first-order valence-electron chi connectivity index (χ1n) is 6.37. The van der Waals surface area contributed by atoms with E-state index in [1.807, 2.05) is 36.0 Å². The number of hydrogen-bond acceptors (Lipinski definition) is 3. The van der Waals surface area contributed by atoms with Gasteiger partial charge in [0.25, 0.3) is 0 Å².